The van der Waals surface area contributed by atoms with Crippen molar-refractivity contribution in [3.63, 3.8) is 0 Å². The molecule has 1 aromatic rings. The monoisotopic (exact) mass is 431 g/mol. The van der Waals surface area contributed by atoms with Crippen molar-refractivity contribution in [2.45, 2.75) is 64.6 Å². The van der Waals surface area contributed by atoms with Gasteiger partial charge in [-0.2, -0.15) is 0 Å². The molecule has 1 heterocycles. The van der Waals surface area contributed by atoms with E-state index in [4.69, 9.17) is 14.5 Å². The Balaban J connectivity index is 1.51. The summed E-state index contributed by atoms with van der Waals surface area (Å²) in [5.41, 5.74) is 1.16. The van der Waals surface area contributed by atoms with Crippen LogP contribution in [0.15, 0.2) is 23.2 Å². The lowest BCUT2D eigenvalue weighted by molar-refractivity contribution is 0.218. The third kappa shape index (κ3) is 6.92. The number of nitrogens with one attached hydrogen (secondary N) is 2. The molecule has 1 aliphatic carbocycles. The van der Waals surface area contributed by atoms with Crippen LogP contribution < -0.4 is 25.0 Å². The van der Waals surface area contributed by atoms with Crippen molar-refractivity contribution >= 4 is 11.6 Å². The van der Waals surface area contributed by atoms with E-state index in [0.29, 0.717) is 12.1 Å². The van der Waals surface area contributed by atoms with Crippen LogP contribution in [-0.2, 0) is 0 Å². The van der Waals surface area contributed by atoms with Crippen LogP contribution in [0.3, 0.4) is 0 Å². The summed E-state index contributed by atoms with van der Waals surface area (Å²) in [5, 5.41) is 7.09. The van der Waals surface area contributed by atoms with Crippen molar-refractivity contribution < 1.29 is 9.47 Å². The molecule has 7 nitrogen and oxygen atoms in total. The summed E-state index contributed by atoms with van der Waals surface area (Å²) >= 11 is 0. The predicted octanol–water partition coefficient (Wildman–Crippen LogP) is 3.10. The predicted molar refractivity (Wildman–Crippen MR) is 129 cm³/mol. The molecule has 0 atom stereocenters. The van der Waals surface area contributed by atoms with E-state index in [1.54, 1.807) is 14.2 Å². The number of hydrogen-bond acceptors (Lipinski definition) is 5. The third-order valence-corrected chi connectivity index (χ3v) is 6.19. The lowest BCUT2D eigenvalue weighted by Crippen LogP contribution is -2.49. The fraction of sp³-hybridized carbons (Fsp3) is 0.708. The topological polar surface area (TPSA) is 61.4 Å². The minimum Gasteiger partial charge on any atom is -0.497 e. The highest BCUT2D eigenvalue weighted by Crippen LogP contribution is 2.30. The summed E-state index contributed by atoms with van der Waals surface area (Å²) in [6.07, 6.45) is 4.84. The second-order valence-corrected chi connectivity index (χ2v) is 8.80. The van der Waals surface area contributed by atoms with E-state index in [0.717, 1.165) is 74.8 Å². The largest absolute Gasteiger partial charge is 0.497 e. The SMILES string of the molecule is CCNC(=NCCN(C(C)C)C1CC1)NC1CCN(c2cc(OC)cc(OC)c2)CC1. The van der Waals surface area contributed by atoms with Crippen LogP contribution in [0.4, 0.5) is 5.69 Å². The van der Waals surface area contributed by atoms with Gasteiger partial charge in [0.25, 0.3) is 0 Å². The van der Waals surface area contributed by atoms with Gasteiger partial charge in [-0.3, -0.25) is 9.89 Å². The van der Waals surface area contributed by atoms with E-state index in [2.05, 4.69) is 53.3 Å². The Labute approximate surface area is 188 Å². The molecule has 1 saturated carbocycles. The second kappa shape index (κ2) is 11.5. The smallest absolute Gasteiger partial charge is 0.191 e. The first kappa shape index (κ1) is 23.5. The van der Waals surface area contributed by atoms with Crippen LogP contribution in [0.25, 0.3) is 0 Å². The van der Waals surface area contributed by atoms with Crippen LogP contribution >= 0.6 is 0 Å². The molecular formula is C24H41N5O2. The molecule has 2 aliphatic rings. The van der Waals surface area contributed by atoms with Crippen LogP contribution in [0.5, 0.6) is 11.5 Å². The Kier molecular flexibility index (Phi) is 8.69. The first-order valence-corrected chi connectivity index (χ1v) is 11.8. The molecule has 0 radical (unpaired) electrons. The van der Waals surface area contributed by atoms with Gasteiger partial charge in [-0.1, -0.05) is 0 Å². The van der Waals surface area contributed by atoms with Gasteiger partial charge in [0.05, 0.1) is 20.8 Å². The van der Waals surface area contributed by atoms with Gasteiger partial charge in [-0.25, -0.2) is 0 Å². The average molecular weight is 432 g/mol. The zero-order valence-corrected chi connectivity index (χ0v) is 20.0. The van der Waals surface area contributed by atoms with E-state index in [1.807, 2.05) is 6.07 Å². The number of methoxy groups -OCH3 is 2. The van der Waals surface area contributed by atoms with Crippen LogP contribution in [0, 0.1) is 0 Å². The molecule has 1 saturated heterocycles. The molecule has 0 spiro atoms. The number of guanidine groups is 1. The summed E-state index contributed by atoms with van der Waals surface area (Å²) in [7, 11) is 3.39. The maximum Gasteiger partial charge on any atom is 0.191 e. The molecule has 1 aromatic carbocycles. The van der Waals surface area contributed by atoms with Crippen molar-refractivity contribution in [1.82, 2.24) is 15.5 Å². The van der Waals surface area contributed by atoms with E-state index in [1.165, 1.54) is 12.8 Å². The van der Waals surface area contributed by atoms with Crippen molar-refractivity contribution in [2.24, 2.45) is 4.99 Å². The number of aliphatic imine (C=N–C) groups is 1. The molecule has 1 aliphatic heterocycles. The van der Waals surface area contributed by atoms with Crippen molar-refractivity contribution in [2.75, 3.05) is 51.8 Å². The summed E-state index contributed by atoms with van der Waals surface area (Å²) in [6, 6.07) is 7.90. The number of ether oxygens (including phenoxy) is 2. The van der Waals surface area contributed by atoms with Gasteiger partial charge < -0.3 is 25.0 Å². The molecule has 0 aromatic heterocycles. The molecule has 31 heavy (non-hydrogen) atoms. The Bertz CT molecular complexity index is 688. The maximum absolute atomic E-state index is 5.43. The van der Waals surface area contributed by atoms with Crippen LogP contribution in [-0.4, -0.2) is 75.9 Å². The minimum absolute atomic E-state index is 0.436. The average Bonchev–Trinajstić information content (AvgIpc) is 3.61. The highest BCUT2D eigenvalue weighted by molar-refractivity contribution is 5.80. The molecule has 0 unspecified atom stereocenters. The van der Waals surface area contributed by atoms with Gasteiger partial charge in [0, 0.05) is 68.2 Å². The Hall–Kier alpha value is -2.15. The number of rotatable bonds is 10. The zero-order chi connectivity index (χ0) is 22.2. The van der Waals surface area contributed by atoms with Crippen LogP contribution in [0.2, 0.25) is 0 Å². The number of anilines is 1. The summed E-state index contributed by atoms with van der Waals surface area (Å²) in [5.74, 6) is 2.61. The number of nitrogens with zero attached hydrogens (tertiary/aromatic N) is 3. The van der Waals surface area contributed by atoms with E-state index < -0.39 is 0 Å². The Morgan fingerprint density at radius 1 is 1.10 bits per heavy atom. The Morgan fingerprint density at radius 2 is 1.74 bits per heavy atom. The van der Waals surface area contributed by atoms with E-state index in [-0.39, 0.29) is 0 Å². The molecule has 2 N–H and O–H groups in total. The normalized spacial score (nSPS) is 17.9. The van der Waals surface area contributed by atoms with Gasteiger partial charge in [0.2, 0.25) is 0 Å². The quantitative estimate of drug-likeness (QED) is 0.439. The molecule has 3 rings (SSSR count). The second-order valence-electron chi connectivity index (χ2n) is 8.80. The van der Waals surface area contributed by atoms with Crippen molar-refractivity contribution in [3.05, 3.63) is 18.2 Å². The fourth-order valence-corrected chi connectivity index (χ4v) is 4.32. The minimum atomic E-state index is 0.436. The first-order valence-electron chi connectivity index (χ1n) is 11.8. The van der Waals surface area contributed by atoms with Gasteiger partial charge in [-0.05, 0) is 46.5 Å². The number of benzene rings is 1. The van der Waals surface area contributed by atoms with Crippen LogP contribution in [0.1, 0.15) is 46.5 Å². The molecule has 0 bridgehead atoms. The molecule has 174 valence electrons. The van der Waals surface area contributed by atoms with E-state index >= 15 is 0 Å². The lowest BCUT2D eigenvalue weighted by atomic mass is 10.0. The third-order valence-electron chi connectivity index (χ3n) is 6.19. The van der Waals surface area contributed by atoms with Gasteiger partial charge in [-0.15, -0.1) is 0 Å². The summed E-state index contributed by atoms with van der Waals surface area (Å²) in [6.45, 7) is 11.5. The maximum atomic E-state index is 5.43. The molecule has 0 amide bonds. The number of piperidine rings is 1. The Morgan fingerprint density at radius 3 is 2.26 bits per heavy atom. The lowest BCUT2D eigenvalue weighted by Gasteiger charge is -2.35. The molecule has 2 fully saturated rings. The van der Waals surface area contributed by atoms with Crippen molar-refractivity contribution in [1.29, 1.82) is 0 Å². The van der Waals surface area contributed by atoms with Gasteiger partial charge in [0.15, 0.2) is 5.96 Å². The van der Waals surface area contributed by atoms with Gasteiger partial charge in [0.1, 0.15) is 11.5 Å². The molecular weight excluding hydrogens is 390 g/mol. The standard InChI is InChI=1S/C24H41N5O2/c1-6-25-24(26-11-14-29(18(2)3)20-7-8-20)27-19-9-12-28(13-10-19)21-15-22(30-4)17-23(16-21)31-5/h15-20H,6-14H2,1-5H3,(H2,25,26,27). The zero-order valence-electron chi connectivity index (χ0n) is 20.0. The van der Waals surface area contributed by atoms with Gasteiger partial charge >= 0.3 is 0 Å². The fourth-order valence-electron chi connectivity index (χ4n) is 4.32. The summed E-state index contributed by atoms with van der Waals surface area (Å²) in [4.78, 5) is 9.87. The first-order chi connectivity index (χ1) is 15.0. The molecule has 7 heteroatoms. The highest BCUT2D eigenvalue weighted by Gasteiger charge is 2.30. The van der Waals surface area contributed by atoms with Crippen molar-refractivity contribution in [3.8, 4) is 11.5 Å². The van der Waals surface area contributed by atoms with E-state index in [9.17, 15) is 0 Å². The summed E-state index contributed by atoms with van der Waals surface area (Å²) < 4.78 is 10.9. The highest BCUT2D eigenvalue weighted by atomic mass is 16.5. The number of hydrogen-bond donors (Lipinski definition) is 2.